The molecule has 0 bridgehead atoms. The molecule has 0 amide bonds. The van der Waals surface area contributed by atoms with Crippen LogP contribution in [-0.2, 0) is 4.84 Å². The van der Waals surface area contributed by atoms with E-state index in [1.165, 1.54) is 0 Å². The van der Waals surface area contributed by atoms with Crippen molar-refractivity contribution in [3.05, 3.63) is 0 Å². The van der Waals surface area contributed by atoms with Crippen LogP contribution in [0.2, 0.25) is 0 Å². The fourth-order valence-corrected chi connectivity index (χ4v) is 1.19. The van der Waals surface area contributed by atoms with E-state index in [1.54, 1.807) is 6.21 Å². The molecule has 0 saturated carbocycles. The molecule has 0 unspecified atom stereocenters. The fraction of sp³-hybridized carbons (Fsp3) is 0.900. The Bertz CT molecular complexity index is 165. The summed E-state index contributed by atoms with van der Waals surface area (Å²) in [6, 6.07) is 0. The summed E-state index contributed by atoms with van der Waals surface area (Å²) >= 11 is 0. The number of aliphatic hydroxyl groups is 2. The van der Waals surface area contributed by atoms with Crippen molar-refractivity contribution in [2.75, 3.05) is 0 Å². The van der Waals surface area contributed by atoms with Crippen LogP contribution in [0, 0.1) is 5.92 Å². The average Bonchev–Trinajstić information content (AvgIpc) is 2.14. The molecule has 0 radical (unpaired) electrons. The van der Waals surface area contributed by atoms with Gasteiger partial charge in [0, 0.05) is 6.21 Å². The van der Waals surface area contributed by atoms with Crippen molar-refractivity contribution in [3.63, 3.8) is 0 Å². The highest BCUT2D eigenvalue weighted by molar-refractivity contribution is 5.55. The maximum absolute atomic E-state index is 9.49. The van der Waals surface area contributed by atoms with Crippen LogP contribution in [0.25, 0.3) is 0 Å². The monoisotopic (exact) mass is 203 g/mol. The van der Waals surface area contributed by atoms with Gasteiger partial charge in [-0.15, -0.1) is 0 Å². The Morgan fingerprint density at radius 3 is 2.29 bits per heavy atom. The lowest BCUT2D eigenvalue weighted by Crippen LogP contribution is -2.38. The second-order valence-corrected chi connectivity index (χ2v) is 3.34. The Kier molecular flexibility index (Phi) is 6.49. The third-order valence-corrected chi connectivity index (χ3v) is 2.20. The smallest absolute Gasteiger partial charge is 0.333 e. The predicted octanol–water partition coefficient (Wildman–Crippen LogP) is 1.86. The first-order valence-electron chi connectivity index (χ1n) is 5.23. The van der Waals surface area contributed by atoms with Crippen molar-refractivity contribution in [2.45, 2.75) is 52.4 Å². The van der Waals surface area contributed by atoms with Crippen LogP contribution in [0.3, 0.4) is 0 Å². The molecule has 0 aliphatic carbocycles. The zero-order valence-corrected chi connectivity index (χ0v) is 9.23. The molecule has 0 aliphatic rings. The number of nitrogens with zero attached hydrogens (tertiary/aromatic N) is 1. The van der Waals surface area contributed by atoms with Crippen LogP contribution >= 0.6 is 0 Å². The molecule has 4 heteroatoms. The molecular weight excluding hydrogens is 182 g/mol. The number of hydrogen-bond acceptors (Lipinski definition) is 4. The zero-order chi connectivity index (χ0) is 11.0. The van der Waals surface area contributed by atoms with E-state index in [0.717, 1.165) is 12.8 Å². The molecule has 0 atom stereocenters. The summed E-state index contributed by atoms with van der Waals surface area (Å²) in [6.07, 6.45) is 4.57. The molecule has 0 aromatic carbocycles. The number of unbranched alkanes of at least 4 members (excludes halogenated alkanes) is 1. The van der Waals surface area contributed by atoms with E-state index in [4.69, 9.17) is 0 Å². The van der Waals surface area contributed by atoms with Crippen molar-refractivity contribution in [1.82, 2.24) is 0 Å². The van der Waals surface area contributed by atoms with Gasteiger partial charge in [0.1, 0.15) is 0 Å². The lowest BCUT2D eigenvalue weighted by molar-refractivity contribution is -0.367. The van der Waals surface area contributed by atoms with Crippen molar-refractivity contribution >= 4 is 6.21 Å². The fourth-order valence-electron chi connectivity index (χ4n) is 1.19. The third-order valence-electron chi connectivity index (χ3n) is 2.20. The Hall–Kier alpha value is -0.610. The highest BCUT2D eigenvalue weighted by atomic mass is 16.8. The highest BCUT2D eigenvalue weighted by Crippen LogP contribution is 2.22. The maximum atomic E-state index is 9.49. The van der Waals surface area contributed by atoms with Gasteiger partial charge in [-0.1, -0.05) is 32.3 Å². The molecule has 84 valence electrons. The molecule has 0 aromatic heterocycles. The van der Waals surface area contributed by atoms with E-state index >= 15 is 0 Å². The first kappa shape index (κ1) is 13.4. The van der Waals surface area contributed by atoms with Crippen LogP contribution in [0.4, 0.5) is 0 Å². The van der Waals surface area contributed by atoms with Crippen molar-refractivity contribution in [2.24, 2.45) is 11.1 Å². The van der Waals surface area contributed by atoms with Gasteiger partial charge in [0.25, 0.3) is 0 Å². The van der Waals surface area contributed by atoms with Gasteiger partial charge in [0.15, 0.2) is 0 Å². The quantitative estimate of drug-likeness (QED) is 0.377. The second-order valence-electron chi connectivity index (χ2n) is 3.34. The second kappa shape index (κ2) is 6.79. The molecule has 0 fully saturated rings. The van der Waals surface area contributed by atoms with E-state index < -0.39 is 5.97 Å². The molecule has 0 spiro atoms. The maximum Gasteiger partial charge on any atom is 0.348 e. The topological polar surface area (TPSA) is 62.0 Å². The van der Waals surface area contributed by atoms with E-state index in [0.29, 0.717) is 12.8 Å². The minimum atomic E-state index is -2.13. The van der Waals surface area contributed by atoms with E-state index in [-0.39, 0.29) is 5.92 Å². The minimum Gasteiger partial charge on any atom is -0.333 e. The lowest BCUT2D eigenvalue weighted by atomic mass is 10.0. The van der Waals surface area contributed by atoms with Gasteiger partial charge in [0.2, 0.25) is 0 Å². The van der Waals surface area contributed by atoms with Gasteiger partial charge >= 0.3 is 5.97 Å². The van der Waals surface area contributed by atoms with E-state index in [2.05, 4.69) is 9.99 Å². The summed E-state index contributed by atoms with van der Waals surface area (Å²) in [5.74, 6) is -2.44. The summed E-state index contributed by atoms with van der Waals surface area (Å²) in [4.78, 5) is 4.66. The van der Waals surface area contributed by atoms with Crippen LogP contribution in [-0.4, -0.2) is 22.4 Å². The van der Waals surface area contributed by atoms with Gasteiger partial charge in [0.05, 0.1) is 5.92 Å². The lowest BCUT2D eigenvalue weighted by Gasteiger charge is -2.26. The number of rotatable bonds is 7. The van der Waals surface area contributed by atoms with Gasteiger partial charge in [-0.3, -0.25) is 0 Å². The van der Waals surface area contributed by atoms with Gasteiger partial charge in [-0.2, -0.15) is 0 Å². The molecule has 2 N–H and O–H groups in total. The Morgan fingerprint density at radius 1 is 1.29 bits per heavy atom. The molecule has 4 nitrogen and oxygen atoms in total. The van der Waals surface area contributed by atoms with Gasteiger partial charge in [-0.25, -0.2) is 0 Å². The molecular formula is C10H21NO3. The van der Waals surface area contributed by atoms with Crippen LogP contribution in [0.15, 0.2) is 5.16 Å². The first-order chi connectivity index (χ1) is 6.58. The third kappa shape index (κ3) is 4.58. The van der Waals surface area contributed by atoms with Gasteiger partial charge < -0.3 is 15.1 Å². The highest BCUT2D eigenvalue weighted by Gasteiger charge is 2.34. The summed E-state index contributed by atoms with van der Waals surface area (Å²) in [5.41, 5.74) is 0. The largest absolute Gasteiger partial charge is 0.348 e. The number of oxime groups is 1. The van der Waals surface area contributed by atoms with Gasteiger partial charge in [-0.05, 0) is 19.3 Å². The zero-order valence-electron chi connectivity index (χ0n) is 9.23. The SMILES string of the molecule is CCC/C=N\OC(O)(O)C(CC)CC. The van der Waals surface area contributed by atoms with Crippen LogP contribution in [0.1, 0.15) is 46.5 Å². The summed E-state index contributed by atoms with van der Waals surface area (Å²) in [6.45, 7) is 5.78. The minimum absolute atomic E-state index is 0.304. The standard InChI is InChI=1S/C10H21NO3/c1-4-7-8-11-14-10(12,13)9(5-2)6-3/h8-9,12-13H,4-7H2,1-3H3/b11-8-. The Morgan fingerprint density at radius 2 is 1.86 bits per heavy atom. The molecule has 0 saturated heterocycles. The van der Waals surface area contributed by atoms with Crippen molar-refractivity contribution < 1.29 is 15.1 Å². The molecule has 0 aliphatic heterocycles. The molecule has 0 rings (SSSR count). The summed E-state index contributed by atoms with van der Waals surface area (Å²) in [7, 11) is 0. The molecule has 0 heterocycles. The van der Waals surface area contributed by atoms with Crippen molar-refractivity contribution in [3.8, 4) is 0 Å². The Labute approximate surface area is 85.6 Å². The van der Waals surface area contributed by atoms with Crippen LogP contribution < -0.4 is 0 Å². The summed E-state index contributed by atoms with van der Waals surface area (Å²) in [5, 5.41) is 22.5. The van der Waals surface area contributed by atoms with E-state index in [1.807, 2.05) is 20.8 Å². The normalized spacial score (nSPS) is 12.7. The number of hydrogen-bond donors (Lipinski definition) is 2. The molecule has 0 aromatic rings. The van der Waals surface area contributed by atoms with E-state index in [9.17, 15) is 10.2 Å². The van der Waals surface area contributed by atoms with Crippen molar-refractivity contribution in [1.29, 1.82) is 0 Å². The predicted molar refractivity (Wildman–Crippen MR) is 55.7 cm³/mol. The van der Waals surface area contributed by atoms with Crippen LogP contribution in [0.5, 0.6) is 0 Å². The summed E-state index contributed by atoms with van der Waals surface area (Å²) < 4.78 is 0. The first-order valence-corrected chi connectivity index (χ1v) is 5.23. The molecule has 14 heavy (non-hydrogen) atoms. The average molecular weight is 203 g/mol. The Balaban J connectivity index is 4.04.